The number of ether oxygens (including phenoxy) is 1. The van der Waals surface area contributed by atoms with E-state index in [4.69, 9.17) is 23.2 Å². The zero-order valence-electron chi connectivity index (χ0n) is 14.6. The van der Waals surface area contributed by atoms with Gasteiger partial charge in [0.1, 0.15) is 11.6 Å². The Morgan fingerprint density at radius 3 is 2.65 bits per heavy atom. The molecule has 134 valence electrons. The number of methoxy groups -OCH3 is 1. The van der Waals surface area contributed by atoms with Gasteiger partial charge in [0.05, 0.1) is 12.1 Å². The van der Waals surface area contributed by atoms with Gasteiger partial charge in [-0.1, -0.05) is 40.9 Å². The van der Waals surface area contributed by atoms with Crippen molar-refractivity contribution in [2.45, 2.75) is 24.5 Å². The van der Waals surface area contributed by atoms with Crippen LogP contribution in [0.1, 0.15) is 22.3 Å². The molecule has 0 aliphatic rings. The first-order valence-electron chi connectivity index (χ1n) is 7.73. The number of aryl methyl sites for hydroxylation is 1. The summed E-state index contributed by atoms with van der Waals surface area (Å²) >= 11 is 13.9. The first-order valence-corrected chi connectivity index (χ1v) is 9.48. The third-order valence-corrected chi connectivity index (χ3v) is 5.58. The number of halogens is 2. The van der Waals surface area contributed by atoms with Gasteiger partial charge in [-0.2, -0.15) is 5.26 Å². The van der Waals surface area contributed by atoms with Crippen molar-refractivity contribution in [3.05, 3.63) is 68.2 Å². The quantitative estimate of drug-likeness (QED) is 0.265. The van der Waals surface area contributed by atoms with Crippen LogP contribution in [0, 0.1) is 25.2 Å². The zero-order valence-corrected chi connectivity index (χ0v) is 16.9. The van der Waals surface area contributed by atoms with Crippen molar-refractivity contribution >= 4 is 47.0 Å². The second-order valence-corrected chi connectivity index (χ2v) is 7.52. The molecule has 0 aliphatic heterocycles. The highest BCUT2D eigenvalue weighted by Gasteiger charge is 2.12. The zero-order chi connectivity index (χ0) is 19.3. The van der Waals surface area contributed by atoms with Gasteiger partial charge in [-0.15, -0.1) is 11.8 Å². The molecule has 2 aromatic carbocycles. The second kappa shape index (κ2) is 9.14. The summed E-state index contributed by atoms with van der Waals surface area (Å²) in [6, 6.07) is 11.3. The Hall–Kier alpha value is -1.93. The monoisotopic (exact) mass is 405 g/mol. The van der Waals surface area contributed by atoms with Crippen LogP contribution in [0.2, 0.25) is 10.0 Å². The van der Waals surface area contributed by atoms with E-state index in [1.165, 1.54) is 7.11 Å². The lowest BCUT2D eigenvalue weighted by Crippen LogP contribution is -2.03. The molecule has 0 unspecified atom stereocenters. The minimum atomic E-state index is -0.643. The Bertz CT molecular complexity index is 917. The number of carbonyl (C=O) groups excluding carboxylic acids is 1. The fraction of sp³-hybridized carbons (Fsp3) is 0.200. The molecule has 0 saturated heterocycles. The first kappa shape index (κ1) is 20.4. The van der Waals surface area contributed by atoms with Crippen molar-refractivity contribution in [1.29, 1.82) is 5.26 Å². The molecule has 0 spiro atoms. The largest absolute Gasteiger partial charge is 0.465 e. The molecular weight excluding hydrogens is 389 g/mol. The minimum Gasteiger partial charge on any atom is -0.465 e. The van der Waals surface area contributed by atoms with Gasteiger partial charge in [-0.3, -0.25) is 0 Å². The average molecular weight is 406 g/mol. The third-order valence-electron chi connectivity index (χ3n) is 3.80. The van der Waals surface area contributed by atoms with E-state index in [0.29, 0.717) is 15.8 Å². The van der Waals surface area contributed by atoms with Crippen molar-refractivity contribution in [1.82, 2.24) is 0 Å². The van der Waals surface area contributed by atoms with Crippen LogP contribution in [0.5, 0.6) is 0 Å². The molecule has 2 aromatic rings. The maximum absolute atomic E-state index is 11.7. The summed E-state index contributed by atoms with van der Waals surface area (Å²) in [6.07, 6.45) is 1.56. The van der Waals surface area contributed by atoms with E-state index in [9.17, 15) is 10.1 Å². The van der Waals surface area contributed by atoms with Gasteiger partial charge in [-0.25, -0.2) is 4.79 Å². The molecule has 0 bridgehead atoms. The van der Waals surface area contributed by atoms with Crippen LogP contribution in [-0.4, -0.2) is 13.1 Å². The van der Waals surface area contributed by atoms with E-state index in [2.05, 4.69) is 10.8 Å². The summed E-state index contributed by atoms with van der Waals surface area (Å²) in [7, 11) is 1.26. The highest BCUT2D eigenvalue weighted by Crippen LogP contribution is 2.33. The van der Waals surface area contributed by atoms with Crippen molar-refractivity contribution in [2.75, 3.05) is 7.11 Å². The fourth-order valence-electron chi connectivity index (χ4n) is 2.41. The molecule has 0 heterocycles. The van der Waals surface area contributed by atoms with Crippen molar-refractivity contribution in [3.8, 4) is 6.07 Å². The second-order valence-electron chi connectivity index (χ2n) is 5.66. The number of nitrogens with zero attached hydrogens (tertiary/aromatic N) is 1. The molecule has 2 rings (SSSR count). The normalized spacial score (nSPS) is 11.2. The van der Waals surface area contributed by atoms with Crippen LogP contribution in [0.3, 0.4) is 0 Å². The van der Waals surface area contributed by atoms with Crippen LogP contribution in [0.15, 0.2) is 40.8 Å². The summed E-state index contributed by atoms with van der Waals surface area (Å²) in [5.74, 6) is 0.0455. The molecule has 0 N–H and O–H groups in total. The molecule has 0 radical (unpaired) electrons. The number of thioether (sulfide) groups is 1. The van der Waals surface area contributed by atoms with Crippen LogP contribution in [0.4, 0.5) is 0 Å². The van der Waals surface area contributed by atoms with Gasteiger partial charge < -0.3 is 4.74 Å². The summed E-state index contributed by atoms with van der Waals surface area (Å²) in [4.78, 5) is 12.6. The Morgan fingerprint density at radius 2 is 2.00 bits per heavy atom. The highest BCUT2D eigenvalue weighted by molar-refractivity contribution is 7.98. The molecule has 0 amide bonds. The Morgan fingerprint density at radius 1 is 1.27 bits per heavy atom. The number of carbonyl (C=O) groups is 1. The summed E-state index contributed by atoms with van der Waals surface area (Å²) in [5, 5.41) is 10.5. The number of esters is 1. The fourth-order valence-corrected chi connectivity index (χ4v) is 3.95. The standard InChI is InChI=1S/C20H17Cl2NO2S/c1-12-6-14(8-15(10-23)20(24)25-3)13(2)16(7-12)11-26-19-9-17(21)4-5-18(19)22/h4-9H,11H2,1-3H3. The number of rotatable bonds is 5. The molecule has 0 aromatic heterocycles. The van der Waals surface area contributed by atoms with Crippen LogP contribution in [0.25, 0.3) is 6.08 Å². The first-order chi connectivity index (χ1) is 12.3. The lowest BCUT2D eigenvalue weighted by atomic mass is 9.98. The predicted molar refractivity (Wildman–Crippen MR) is 108 cm³/mol. The van der Waals surface area contributed by atoms with E-state index in [1.54, 1.807) is 30.0 Å². The highest BCUT2D eigenvalue weighted by atomic mass is 35.5. The van der Waals surface area contributed by atoms with Crippen molar-refractivity contribution in [2.24, 2.45) is 0 Å². The molecule has 6 heteroatoms. The number of benzene rings is 2. The van der Waals surface area contributed by atoms with E-state index < -0.39 is 5.97 Å². The predicted octanol–water partition coefficient (Wildman–Crippen LogP) is 5.98. The summed E-state index contributed by atoms with van der Waals surface area (Å²) in [5.41, 5.74) is 3.92. The molecule has 0 saturated carbocycles. The number of hydrogen-bond donors (Lipinski definition) is 0. The van der Waals surface area contributed by atoms with Crippen molar-refractivity contribution < 1.29 is 9.53 Å². The van der Waals surface area contributed by atoms with Gasteiger partial charge in [0.25, 0.3) is 0 Å². The lowest BCUT2D eigenvalue weighted by Gasteiger charge is -2.12. The van der Waals surface area contributed by atoms with E-state index in [0.717, 1.165) is 27.1 Å². The molecule has 0 fully saturated rings. The molecule has 0 atom stereocenters. The van der Waals surface area contributed by atoms with Gasteiger partial charge in [0.2, 0.25) is 0 Å². The Kier molecular flexibility index (Phi) is 7.16. The average Bonchev–Trinajstić information content (AvgIpc) is 2.62. The van der Waals surface area contributed by atoms with Crippen molar-refractivity contribution in [3.63, 3.8) is 0 Å². The van der Waals surface area contributed by atoms with Gasteiger partial charge in [0, 0.05) is 15.7 Å². The molecule has 0 aliphatic carbocycles. The molecule has 3 nitrogen and oxygen atoms in total. The summed E-state index contributed by atoms with van der Waals surface area (Å²) < 4.78 is 4.64. The molecular formula is C20H17Cl2NO2S. The van der Waals surface area contributed by atoms with Gasteiger partial charge >= 0.3 is 5.97 Å². The smallest absolute Gasteiger partial charge is 0.348 e. The maximum atomic E-state index is 11.7. The lowest BCUT2D eigenvalue weighted by molar-refractivity contribution is -0.135. The minimum absolute atomic E-state index is 0.0299. The topological polar surface area (TPSA) is 50.1 Å². The number of hydrogen-bond acceptors (Lipinski definition) is 4. The SMILES string of the molecule is COC(=O)C(C#N)=Cc1cc(C)cc(CSc2cc(Cl)ccc2Cl)c1C. The van der Waals surface area contributed by atoms with Crippen LogP contribution in [-0.2, 0) is 15.3 Å². The number of nitriles is 1. The maximum Gasteiger partial charge on any atom is 0.348 e. The van der Waals surface area contributed by atoms with Crippen LogP contribution < -0.4 is 0 Å². The van der Waals surface area contributed by atoms with E-state index in [1.807, 2.05) is 32.0 Å². The van der Waals surface area contributed by atoms with Gasteiger partial charge in [0.15, 0.2) is 0 Å². The van der Waals surface area contributed by atoms with Crippen LogP contribution >= 0.6 is 35.0 Å². The molecule has 26 heavy (non-hydrogen) atoms. The Labute approximate surface area is 167 Å². The van der Waals surface area contributed by atoms with E-state index >= 15 is 0 Å². The summed E-state index contributed by atoms with van der Waals surface area (Å²) in [6.45, 7) is 3.94. The van der Waals surface area contributed by atoms with E-state index in [-0.39, 0.29) is 5.57 Å². The van der Waals surface area contributed by atoms with Gasteiger partial charge in [-0.05, 0) is 54.8 Å². The Balaban J connectivity index is 2.35. The third kappa shape index (κ3) is 5.04.